The molecule has 0 heterocycles. The summed E-state index contributed by atoms with van der Waals surface area (Å²) in [5, 5.41) is 2.92. The van der Waals surface area contributed by atoms with Crippen molar-refractivity contribution in [1.82, 2.24) is 5.32 Å². The Kier molecular flexibility index (Phi) is 6.38. The quantitative estimate of drug-likeness (QED) is 0.786. The highest BCUT2D eigenvalue weighted by atomic mass is 35.5. The van der Waals surface area contributed by atoms with Gasteiger partial charge in [0.1, 0.15) is 0 Å². The van der Waals surface area contributed by atoms with Crippen LogP contribution in [0.4, 0.5) is 0 Å². The molecule has 0 bridgehead atoms. The van der Waals surface area contributed by atoms with Gasteiger partial charge >= 0.3 is 0 Å². The van der Waals surface area contributed by atoms with E-state index in [4.69, 9.17) is 11.5 Å². The molecule has 0 aliphatic heterocycles. The van der Waals surface area contributed by atoms with Crippen LogP contribution in [-0.4, -0.2) is 17.4 Å². The molecule has 22 heavy (non-hydrogen) atoms. The summed E-state index contributed by atoms with van der Waals surface area (Å²) in [7, 11) is 0. The largest absolute Gasteiger partial charge is 0.366 e. The summed E-state index contributed by atoms with van der Waals surface area (Å²) in [4.78, 5) is 23.5. The summed E-state index contributed by atoms with van der Waals surface area (Å²) in [6.07, 6.45) is 3.84. The summed E-state index contributed by atoms with van der Waals surface area (Å²) in [6, 6.07) is 6.97. The van der Waals surface area contributed by atoms with Crippen molar-refractivity contribution in [3.05, 3.63) is 35.4 Å². The second-order valence-electron chi connectivity index (χ2n) is 6.09. The number of benzene rings is 1. The van der Waals surface area contributed by atoms with Crippen molar-refractivity contribution in [2.75, 3.05) is 0 Å². The summed E-state index contributed by atoms with van der Waals surface area (Å²) in [6.45, 7) is 2.33. The smallest absolute Gasteiger partial charge is 0.248 e. The minimum absolute atomic E-state index is 0. The molecule has 1 fully saturated rings. The lowest BCUT2D eigenvalue weighted by atomic mass is 9.74. The molecule has 2 atom stereocenters. The van der Waals surface area contributed by atoms with E-state index in [0.29, 0.717) is 12.1 Å². The Hall–Kier alpha value is -1.59. The Morgan fingerprint density at radius 1 is 1.36 bits per heavy atom. The number of hydrogen-bond acceptors (Lipinski definition) is 3. The van der Waals surface area contributed by atoms with Crippen molar-refractivity contribution >= 4 is 24.2 Å². The van der Waals surface area contributed by atoms with Crippen LogP contribution in [0.3, 0.4) is 0 Å². The zero-order valence-corrected chi connectivity index (χ0v) is 13.6. The van der Waals surface area contributed by atoms with Gasteiger partial charge in [-0.05, 0) is 37.5 Å². The predicted octanol–water partition coefficient (Wildman–Crippen LogP) is 1.73. The summed E-state index contributed by atoms with van der Waals surface area (Å²) in [5.41, 5.74) is 12.4. The fourth-order valence-corrected chi connectivity index (χ4v) is 2.94. The van der Waals surface area contributed by atoms with Gasteiger partial charge in [-0.3, -0.25) is 9.59 Å². The highest BCUT2D eigenvalue weighted by Gasteiger charge is 2.37. The molecule has 1 aromatic carbocycles. The second kappa shape index (κ2) is 7.61. The summed E-state index contributed by atoms with van der Waals surface area (Å²) in [5.74, 6) is -0.625. The van der Waals surface area contributed by atoms with Crippen molar-refractivity contribution in [3.8, 4) is 0 Å². The maximum Gasteiger partial charge on any atom is 0.248 e. The van der Waals surface area contributed by atoms with Gasteiger partial charge in [-0.25, -0.2) is 0 Å². The molecule has 2 unspecified atom stereocenters. The monoisotopic (exact) mass is 325 g/mol. The molecule has 1 aliphatic rings. The van der Waals surface area contributed by atoms with Gasteiger partial charge in [0.05, 0.1) is 5.92 Å². The number of primary amides is 1. The average Bonchev–Trinajstić information content (AvgIpc) is 2.44. The fourth-order valence-electron chi connectivity index (χ4n) is 2.94. The van der Waals surface area contributed by atoms with Gasteiger partial charge in [-0.15, -0.1) is 12.4 Å². The first-order valence-corrected chi connectivity index (χ1v) is 7.35. The highest BCUT2D eigenvalue weighted by molar-refractivity contribution is 5.92. The average molecular weight is 326 g/mol. The molecule has 0 radical (unpaired) electrons. The van der Waals surface area contributed by atoms with Crippen molar-refractivity contribution < 1.29 is 9.59 Å². The van der Waals surface area contributed by atoms with Gasteiger partial charge < -0.3 is 16.8 Å². The Bertz CT molecular complexity index is 546. The fraction of sp³-hybridized carbons (Fsp3) is 0.500. The van der Waals surface area contributed by atoms with Crippen molar-refractivity contribution in [3.63, 3.8) is 0 Å². The lowest BCUT2D eigenvalue weighted by Crippen LogP contribution is -2.52. The number of amides is 2. The van der Waals surface area contributed by atoms with E-state index in [0.717, 1.165) is 31.2 Å². The molecule has 6 heteroatoms. The molecule has 0 saturated heterocycles. The van der Waals surface area contributed by atoms with Crippen LogP contribution >= 0.6 is 12.4 Å². The van der Waals surface area contributed by atoms with Gasteiger partial charge in [-0.1, -0.05) is 25.0 Å². The first kappa shape index (κ1) is 18.5. The van der Waals surface area contributed by atoms with Crippen LogP contribution in [-0.2, 0) is 11.3 Å². The third-order valence-electron chi connectivity index (χ3n) is 4.25. The Balaban J connectivity index is 0.00000242. The number of nitrogens with one attached hydrogen (secondary N) is 1. The zero-order chi connectivity index (χ0) is 15.5. The number of halogens is 1. The highest BCUT2D eigenvalue weighted by Crippen LogP contribution is 2.31. The van der Waals surface area contributed by atoms with E-state index in [9.17, 15) is 9.59 Å². The van der Waals surface area contributed by atoms with Crippen molar-refractivity contribution in [1.29, 1.82) is 0 Å². The third-order valence-corrected chi connectivity index (χ3v) is 4.25. The van der Waals surface area contributed by atoms with Gasteiger partial charge in [-0.2, -0.15) is 0 Å². The van der Waals surface area contributed by atoms with Crippen LogP contribution in [0.1, 0.15) is 48.5 Å². The minimum atomic E-state index is -0.468. The van der Waals surface area contributed by atoms with Crippen molar-refractivity contribution in [2.24, 2.45) is 17.4 Å². The summed E-state index contributed by atoms with van der Waals surface area (Å²) >= 11 is 0. The predicted molar refractivity (Wildman–Crippen MR) is 88.6 cm³/mol. The first-order chi connectivity index (χ1) is 9.90. The maximum absolute atomic E-state index is 12.3. The molecule has 2 amide bonds. The Morgan fingerprint density at radius 2 is 2.09 bits per heavy atom. The van der Waals surface area contributed by atoms with Gasteiger partial charge in [0, 0.05) is 17.6 Å². The van der Waals surface area contributed by atoms with E-state index in [-0.39, 0.29) is 24.2 Å². The molecule has 5 nitrogen and oxygen atoms in total. The molecule has 2 rings (SSSR count). The van der Waals surface area contributed by atoms with E-state index < -0.39 is 11.4 Å². The molecule has 0 aromatic heterocycles. The number of hydrogen-bond donors (Lipinski definition) is 3. The maximum atomic E-state index is 12.3. The van der Waals surface area contributed by atoms with E-state index in [1.807, 2.05) is 13.0 Å². The number of carbonyl (C=O) groups excluding carboxylic acids is 2. The molecule has 1 aliphatic carbocycles. The molecule has 1 saturated carbocycles. The lowest BCUT2D eigenvalue weighted by Gasteiger charge is -2.37. The van der Waals surface area contributed by atoms with Gasteiger partial charge in [0.25, 0.3) is 0 Å². The zero-order valence-electron chi connectivity index (χ0n) is 12.8. The number of rotatable bonds is 4. The number of nitrogens with two attached hydrogens (primary N) is 2. The Morgan fingerprint density at radius 3 is 2.73 bits per heavy atom. The van der Waals surface area contributed by atoms with E-state index >= 15 is 0 Å². The SMILES string of the molecule is CC1(N)CCCCC1C(=O)NCc1cccc(C(N)=O)c1.Cl. The van der Waals surface area contributed by atoms with Crippen LogP contribution < -0.4 is 16.8 Å². The van der Waals surface area contributed by atoms with Gasteiger partial charge in [0.2, 0.25) is 11.8 Å². The van der Waals surface area contributed by atoms with Crippen LogP contribution in [0.15, 0.2) is 24.3 Å². The molecular formula is C16H24ClN3O2. The van der Waals surface area contributed by atoms with Crippen LogP contribution in [0.2, 0.25) is 0 Å². The molecule has 5 N–H and O–H groups in total. The second-order valence-corrected chi connectivity index (χ2v) is 6.09. The standard InChI is InChI=1S/C16H23N3O2.ClH/c1-16(18)8-3-2-7-13(16)15(21)19-10-11-5-4-6-12(9-11)14(17)20;/h4-6,9,13H,2-3,7-8,10,18H2,1H3,(H2,17,20)(H,19,21);1H. The van der Waals surface area contributed by atoms with E-state index in [1.54, 1.807) is 18.2 Å². The first-order valence-electron chi connectivity index (χ1n) is 7.35. The molecule has 1 aromatic rings. The molecular weight excluding hydrogens is 302 g/mol. The Labute approximate surface area is 137 Å². The van der Waals surface area contributed by atoms with E-state index in [2.05, 4.69) is 5.32 Å². The topological polar surface area (TPSA) is 98.2 Å². The van der Waals surface area contributed by atoms with Gasteiger partial charge in [0.15, 0.2) is 0 Å². The van der Waals surface area contributed by atoms with Crippen molar-refractivity contribution in [2.45, 2.75) is 44.7 Å². The molecule has 122 valence electrons. The van der Waals surface area contributed by atoms with Crippen LogP contribution in [0.5, 0.6) is 0 Å². The van der Waals surface area contributed by atoms with E-state index in [1.165, 1.54) is 0 Å². The number of carbonyl (C=O) groups is 2. The third kappa shape index (κ3) is 4.45. The minimum Gasteiger partial charge on any atom is -0.366 e. The summed E-state index contributed by atoms with van der Waals surface area (Å²) < 4.78 is 0. The van der Waals surface area contributed by atoms with Crippen LogP contribution in [0, 0.1) is 5.92 Å². The lowest BCUT2D eigenvalue weighted by molar-refractivity contribution is -0.128. The van der Waals surface area contributed by atoms with Crippen LogP contribution in [0.25, 0.3) is 0 Å². The molecule has 0 spiro atoms. The normalized spacial score (nSPS) is 24.2.